The van der Waals surface area contributed by atoms with Crippen LogP contribution in [0, 0.1) is 0 Å². The molecule has 0 saturated carbocycles. The minimum absolute atomic E-state index is 0.164. The molecule has 2 aromatic carbocycles. The van der Waals surface area contributed by atoms with Gasteiger partial charge in [-0.3, -0.25) is 23.4 Å². The molecule has 0 aliphatic carbocycles. The van der Waals surface area contributed by atoms with Gasteiger partial charge < -0.3 is 14.8 Å². The van der Waals surface area contributed by atoms with Gasteiger partial charge in [0, 0.05) is 12.0 Å². The molecule has 10 nitrogen and oxygen atoms in total. The van der Waals surface area contributed by atoms with Gasteiger partial charge in [0.05, 0.1) is 17.2 Å². The highest BCUT2D eigenvalue weighted by molar-refractivity contribution is 7.91. The molecule has 0 spiro atoms. The fourth-order valence-corrected chi connectivity index (χ4v) is 5.02. The lowest BCUT2D eigenvalue weighted by atomic mass is 10.0. The van der Waals surface area contributed by atoms with Crippen molar-refractivity contribution in [1.29, 1.82) is 0 Å². The van der Waals surface area contributed by atoms with Crippen LogP contribution in [0.4, 0.5) is 0 Å². The third-order valence-corrected chi connectivity index (χ3v) is 7.96. The number of carbonyl (C=O) groups is 4. The quantitative estimate of drug-likeness (QED) is 0.448. The van der Waals surface area contributed by atoms with Crippen molar-refractivity contribution in [2.75, 3.05) is 12.4 Å². The van der Waals surface area contributed by atoms with Crippen LogP contribution in [0.5, 0.6) is 0 Å². The number of rotatable bonds is 9. The van der Waals surface area contributed by atoms with Crippen molar-refractivity contribution in [3.05, 3.63) is 81.7 Å². The summed E-state index contributed by atoms with van der Waals surface area (Å²) in [5, 5.41) is 3.02. The summed E-state index contributed by atoms with van der Waals surface area (Å²) in [5.41, 5.74) is -0.00695. The Kier molecular flexibility index (Phi) is 8.83. The molecule has 3 atom stereocenters. The van der Waals surface area contributed by atoms with Crippen LogP contribution < -0.4 is 5.32 Å². The molecule has 2 amide bonds. The molecule has 2 unspecified atom stereocenters. The smallest absolute Gasteiger partial charge is 0.376 e. The molecular weight excluding hydrogens is 559 g/mol. The third kappa shape index (κ3) is 5.91. The number of carbonyl (C=O) groups excluding carboxylic acids is 4. The number of hydroxylamine groups is 2. The van der Waals surface area contributed by atoms with Crippen molar-refractivity contribution < 1.29 is 37.7 Å². The summed E-state index contributed by atoms with van der Waals surface area (Å²) in [6.07, 6.45) is -1.25. The number of ether oxygens (including phenoxy) is 2. The molecule has 2 aliphatic heterocycles. The Balaban J connectivity index is 1.55. The number of nitrogens with zero attached hydrogens (tertiary/aromatic N) is 1. The number of cyclic esters (lactones) is 1. The van der Waals surface area contributed by atoms with E-state index in [2.05, 4.69) is 5.32 Å². The fourth-order valence-electron chi connectivity index (χ4n) is 4.00. The Morgan fingerprint density at radius 3 is 2.26 bits per heavy atom. The first-order chi connectivity index (χ1) is 18.2. The summed E-state index contributed by atoms with van der Waals surface area (Å²) >= 11 is 11.1. The van der Waals surface area contributed by atoms with Gasteiger partial charge in [0.1, 0.15) is 22.8 Å². The van der Waals surface area contributed by atoms with Crippen molar-refractivity contribution in [3.63, 3.8) is 0 Å². The van der Waals surface area contributed by atoms with Crippen LogP contribution in [-0.4, -0.2) is 57.2 Å². The molecule has 2 aromatic rings. The average Bonchev–Trinajstić information content (AvgIpc) is 3.50. The molecule has 2 heterocycles. The van der Waals surface area contributed by atoms with Crippen LogP contribution in [-0.2, 0) is 44.3 Å². The lowest BCUT2D eigenvalue weighted by molar-refractivity contribution is -0.260. The number of hydrogen-bond donors (Lipinski definition) is 1. The van der Waals surface area contributed by atoms with E-state index in [-0.39, 0.29) is 23.8 Å². The third-order valence-electron chi connectivity index (χ3n) is 5.80. The molecule has 2 saturated heterocycles. The normalized spacial score (nSPS) is 22.3. The molecule has 2 fully saturated rings. The molecule has 0 aromatic heterocycles. The minimum atomic E-state index is -2.19. The maximum atomic E-state index is 13.7. The SMILES string of the molecule is O=C(CS(=O)/C(Cl)=C/Cl)N[C@H]1CON(C2(C(=O)OC(c3ccccc3)c3ccccc3)CCC(=O)O2)C1=O. The molecule has 2 aliphatic rings. The van der Waals surface area contributed by atoms with Crippen LogP contribution in [0.1, 0.15) is 30.1 Å². The molecule has 0 radical (unpaired) electrons. The van der Waals surface area contributed by atoms with E-state index in [0.29, 0.717) is 16.2 Å². The van der Waals surface area contributed by atoms with Crippen LogP contribution in [0.15, 0.2) is 70.6 Å². The van der Waals surface area contributed by atoms with E-state index in [1.165, 1.54) is 0 Å². The average molecular weight is 581 g/mol. The van der Waals surface area contributed by atoms with Gasteiger partial charge >= 0.3 is 17.7 Å². The highest BCUT2D eigenvalue weighted by Gasteiger charge is 2.60. The summed E-state index contributed by atoms with van der Waals surface area (Å²) in [6.45, 7) is -0.357. The summed E-state index contributed by atoms with van der Waals surface area (Å²) in [5.74, 6) is -3.90. The van der Waals surface area contributed by atoms with Crippen LogP contribution >= 0.6 is 23.2 Å². The molecule has 13 heteroatoms. The monoisotopic (exact) mass is 580 g/mol. The lowest BCUT2D eigenvalue weighted by Gasteiger charge is -2.34. The largest absolute Gasteiger partial charge is 0.448 e. The van der Waals surface area contributed by atoms with Gasteiger partial charge in [0.25, 0.3) is 5.91 Å². The summed E-state index contributed by atoms with van der Waals surface area (Å²) < 4.78 is 23.0. The molecule has 4 rings (SSSR count). The van der Waals surface area contributed by atoms with E-state index in [9.17, 15) is 23.4 Å². The maximum absolute atomic E-state index is 13.7. The van der Waals surface area contributed by atoms with E-state index < -0.39 is 58.2 Å². The summed E-state index contributed by atoms with van der Waals surface area (Å²) in [7, 11) is -1.91. The second-order valence-corrected chi connectivity index (χ2v) is 10.6. The Morgan fingerprint density at radius 1 is 1.13 bits per heavy atom. The standard InChI is InChI=1S/C25H22Cl2N2O8S/c26-13-19(27)38(34)15-20(30)28-18-14-35-29(23(18)32)25(12-11-21(31)37-25)24(33)36-22(16-7-3-1-4-8-16)17-9-5-2-6-10-17/h1-10,13,18,22H,11-12,14-15H2,(H,28,30)/b19-13+/t18-,25?,38?/m0/s1. The van der Waals surface area contributed by atoms with E-state index in [1.54, 1.807) is 48.5 Å². The fraction of sp³-hybridized carbons (Fsp3) is 0.280. The van der Waals surface area contributed by atoms with Gasteiger partial charge in [0.2, 0.25) is 5.91 Å². The number of esters is 2. The van der Waals surface area contributed by atoms with Gasteiger partial charge in [-0.05, 0) is 11.1 Å². The van der Waals surface area contributed by atoms with Crippen molar-refractivity contribution >= 4 is 57.8 Å². The van der Waals surface area contributed by atoms with Crippen molar-refractivity contribution in [1.82, 2.24) is 10.4 Å². The molecule has 1 N–H and O–H groups in total. The maximum Gasteiger partial charge on any atom is 0.376 e. The predicted molar refractivity (Wildman–Crippen MR) is 136 cm³/mol. The first-order valence-electron chi connectivity index (χ1n) is 11.4. The molecule has 200 valence electrons. The zero-order valence-corrected chi connectivity index (χ0v) is 22.0. The molecular formula is C25H22Cl2N2O8S. The van der Waals surface area contributed by atoms with Crippen LogP contribution in [0.2, 0.25) is 0 Å². The van der Waals surface area contributed by atoms with Gasteiger partial charge in [-0.15, -0.1) is 0 Å². The molecule has 0 bridgehead atoms. The van der Waals surface area contributed by atoms with Gasteiger partial charge in [-0.25, -0.2) is 4.79 Å². The topological polar surface area (TPSA) is 128 Å². The highest BCUT2D eigenvalue weighted by Crippen LogP contribution is 2.37. The number of halogens is 2. The van der Waals surface area contributed by atoms with E-state index in [1.807, 2.05) is 12.1 Å². The number of nitrogens with one attached hydrogen (secondary N) is 1. The van der Waals surface area contributed by atoms with Gasteiger partial charge in [-0.2, -0.15) is 5.06 Å². The zero-order chi connectivity index (χ0) is 27.3. The van der Waals surface area contributed by atoms with E-state index in [4.69, 9.17) is 37.5 Å². The van der Waals surface area contributed by atoms with E-state index in [0.717, 1.165) is 5.54 Å². The Bertz CT molecular complexity index is 1240. The van der Waals surface area contributed by atoms with Crippen molar-refractivity contribution in [2.45, 2.75) is 30.7 Å². The molecule has 38 heavy (non-hydrogen) atoms. The summed E-state index contributed by atoms with van der Waals surface area (Å²) in [6, 6.07) is 16.6. The second kappa shape index (κ2) is 12.1. The van der Waals surface area contributed by atoms with Gasteiger partial charge in [-0.1, -0.05) is 83.9 Å². The minimum Gasteiger partial charge on any atom is -0.448 e. The lowest BCUT2D eigenvalue weighted by Crippen LogP contribution is -2.57. The number of benzene rings is 2. The predicted octanol–water partition coefficient (Wildman–Crippen LogP) is 2.64. The first-order valence-corrected chi connectivity index (χ1v) is 13.5. The summed E-state index contributed by atoms with van der Waals surface area (Å²) in [4.78, 5) is 56.8. The number of hydrogen-bond acceptors (Lipinski definition) is 8. The zero-order valence-electron chi connectivity index (χ0n) is 19.7. The van der Waals surface area contributed by atoms with E-state index >= 15 is 0 Å². The van der Waals surface area contributed by atoms with Gasteiger partial charge in [0.15, 0.2) is 6.10 Å². The van der Waals surface area contributed by atoms with Crippen molar-refractivity contribution in [2.24, 2.45) is 0 Å². The first kappa shape index (κ1) is 27.8. The Labute approximate surface area is 230 Å². The number of amides is 2. The van der Waals surface area contributed by atoms with Crippen LogP contribution in [0.3, 0.4) is 0 Å². The van der Waals surface area contributed by atoms with Crippen LogP contribution in [0.25, 0.3) is 0 Å². The second-order valence-electron chi connectivity index (χ2n) is 8.32. The van der Waals surface area contributed by atoms with Crippen molar-refractivity contribution in [3.8, 4) is 0 Å². The Hall–Kier alpha value is -3.25. The highest BCUT2D eigenvalue weighted by atomic mass is 35.5. The Morgan fingerprint density at radius 2 is 1.74 bits per heavy atom.